The van der Waals surface area contributed by atoms with Crippen LogP contribution in [0.5, 0.6) is 0 Å². The molecule has 76 valence electrons. The van der Waals surface area contributed by atoms with Gasteiger partial charge in [0.25, 0.3) is 5.56 Å². The average Bonchev–Trinajstić information content (AvgIpc) is 2.82. The molecular weight excluding hydrogens is 180 g/mol. The van der Waals surface area contributed by atoms with Crippen molar-refractivity contribution in [1.29, 1.82) is 0 Å². The van der Waals surface area contributed by atoms with E-state index >= 15 is 0 Å². The van der Waals surface area contributed by atoms with Crippen LogP contribution in [0.4, 0.5) is 5.82 Å². The van der Waals surface area contributed by atoms with Crippen molar-refractivity contribution < 1.29 is 0 Å². The Hall–Kier alpha value is -1.36. The van der Waals surface area contributed by atoms with Gasteiger partial charge in [-0.25, -0.2) is 9.99 Å². The van der Waals surface area contributed by atoms with Crippen LogP contribution in [-0.4, -0.2) is 29.1 Å². The topological polar surface area (TPSA) is 61.0 Å². The van der Waals surface area contributed by atoms with E-state index in [1.54, 1.807) is 5.01 Å². The molecule has 0 spiro atoms. The number of nitrogens with one attached hydrogen (secondary N) is 2. The van der Waals surface area contributed by atoms with Crippen molar-refractivity contribution in [1.82, 2.24) is 15.0 Å². The Labute approximate surface area is 82.1 Å². The molecule has 1 aliphatic carbocycles. The molecule has 0 radical (unpaired) electrons. The van der Waals surface area contributed by atoms with E-state index in [1.807, 2.05) is 14.1 Å². The number of H-pyrrole nitrogens is 1. The Morgan fingerprint density at radius 1 is 1.57 bits per heavy atom. The summed E-state index contributed by atoms with van der Waals surface area (Å²) in [6, 6.07) is 1.46. The predicted molar refractivity (Wildman–Crippen MR) is 54.1 cm³/mol. The van der Waals surface area contributed by atoms with Gasteiger partial charge in [0, 0.05) is 26.1 Å². The van der Waals surface area contributed by atoms with Crippen LogP contribution in [0.15, 0.2) is 10.9 Å². The number of aromatic nitrogens is 2. The van der Waals surface area contributed by atoms with Gasteiger partial charge in [-0.15, -0.1) is 0 Å². The molecule has 1 aromatic heterocycles. The molecule has 1 saturated carbocycles. The van der Waals surface area contributed by atoms with E-state index in [2.05, 4.69) is 15.4 Å². The molecule has 1 heterocycles. The van der Waals surface area contributed by atoms with Gasteiger partial charge in [-0.05, 0) is 12.8 Å². The van der Waals surface area contributed by atoms with Crippen LogP contribution in [0, 0.1) is 0 Å². The number of rotatable bonds is 3. The minimum Gasteiger partial charge on any atom is -0.310 e. The third-order valence-corrected chi connectivity index (χ3v) is 2.06. The predicted octanol–water partition coefficient (Wildman–Crippen LogP) is 0.536. The molecular formula is C9H14N4O. The first-order chi connectivity index (χ1) is 6.65. The second kappa shape index (κ2) is 3.42. The van der Waals surface area contributed by atoms with Crippen LogP contribution < -0.4 is 11.0 Å². The highest BCUT2D eigenvalue weighted by Gasteiger charge is 2.26. The van der Waals surface area contributed by atoms with E-state index in [1.165, 1.54) is 6.07 Å². The van der Waals surface area contributed by atoms with Crippen molar-refractivity contribution in [3.05, 3.63) is 22.2 Å². The van der Waals surface area contributed by atoms with E-state index in [0.29, 0.717) is 11.7 Å². The van der Waals surface area contributed by atoms with Gasteiger partial charge in [0.2, 0.25) is 0 Å². The van der Waals surface area contributed by atoms with Crippen LogP contribution in [0.2, 0.25) is 0 Å². The largest absolute Gasteiger partial charge is 0.310 e. The van der Waals surface area contributed by atoms with Crippen molar-refractivity contribution >= 4 is 5.82 Å². The molecule has 0 unspecified atom stereocenters. The Morgan fingerprint density at radius 3 is 2.86 bits per heavy atom. The van der Waals surface area contributed by atoms with Crippen molar-refractivity contribution in [2.45, 2.75) is 18.8 Å². The standard InChI is InChI=1S/C9H14N4O/c1-13(2)12-7-5-8(14)11-9(10-7)6-3-4-6/h5-6H,3-4H2,1-2H3,(H2,10,11,12,14). The SMILES string of the molecule is CN(C)Nc1cc(=O)[nH]c(C2CC2)n1. The summed E-state index contributed by atoms with van der Waals surface area (Å²) in [6.07, 6.45) is 2.27. The summed E-state index contributed by atoms with van der Waals surface area (Å²) in [6.45, 7) is 0. The lowest BCUT2D eigenvalue weighted by atomic mass is 10.4. The molecule has 1 aromatic rings. The fraction of sp³-hybridized carbons (Fsp3) is 0.556. The monoisotopic (exact) mass is 194 g/mol. The van der Waals surface area contributed by atoms with Crippen LogP contribution in [-0.2, 0) is 0 Å². The summed E-state index contributed by atoms with van der Waals surface area (Å²) in [5.41, 5.74) is 2.88. The molecule has 2 rings (SSSR count). The van der Waals surface area contributed by atoms with Crippen molar-refractivity contribution in [2.75, 3.05) is 19.5 Å². The van der Waals surface area contributed by atoms with Crippen molar-refractivity contribution in [2.24, 2.45) is 0 Å². The van der Waals surface area contributed by atoms with Gasteiger partial charge in [-0.1, -0.05) is 0 Å². The minimum atomic E-state index is -0.0914. The Balaban J connectivity index is 2.26. The maximum Gasteiger partial charge on any atom is 0.253 e. The molecule has 1 fully saturated rings. The highest BCUT2D eigenvalue weighted by atomic mass is 16.1. The lowest BCUT2D eigenvalue weighted by Crippen LogP contribution is -2.23. The first kappa shape index (κ1) is 9.21. The second-order valence-electron chi connectivity index (χ2n) is 3.80. The Bertz CT molecular complexity index is 381. The van der Waals surface area contributed by atoms with Gasteiger partial charge >= 0.3 is 0 Å². The number of hydrazine groups is 1. The Kier molecular flexibility index (Phi) is 2.25. The van der Waals surface area contributed by atoms with Crippen LogP contribution in [0.1, 0.15) is 24.6 Å². The molecule has 2 N–H and O–H groups in total. The number of hydrogen-bond acceptors (Lipinski definition) is 4. The van der Waals surface area contributed by atoms with Crippen molar-refractivity contribution in [3.8, 4) is 0 Å². The zero-order valence-electron chi connectivity index (χ0n) is 8.37. The second-order valence-corrected chi connectivity index (χ2v) is 3.80. The maximum absolute atomic E-state index is 11.3. The van der Waals surface area contributed by atoms with Crippen LogP contribution >= 0.6 is 0 Å². The third kappa shape index (κ3) is 2.11. The van der Waals surface area contributed by atoms with E-state index in [4.69, 9.17) is 0 Å². The first-order valence-corrected chi connectivity index (χ1v) is 4.70. The molecule has 0 aromatic carbocycles. The average molecular weight is 194 g/mol. The molecule has 1 aliphatic rings. The summed E-state index contributed by atoms with van der Waals surface area (Å²) in [4.78, 5) is 18.4. The van der Waals surface area contributed by atoms with Crippen LogP contribution in [0.3, 0.4) is 0 Å². The fourth-order valence-electron chi connectivity index (χ4n) is 1.31. The lowest BCUT2D eigenvalue weighted by Gasteiger charge is -2.12. The number of anilines is 1. The van der Waals surface area contributed by atoms with E-state index < -0.39 is 0 Å². The molecule has 14 heavy (non-hydrogen) atoms. The minimum absolute atomic E-state index is 0.0914. The van der Waals surface area contributed by atoms with Crippen molar-refractivity contribution in [3.63, 3.8) is 0 Å². The summed E-state index contributed by atoms with van der Waals surface area (Å²) in [5, 5.41) is 1.76. The van der Waals surface area contributed by atoms with Gasteiger partial charge in [0.15, 0.2) is 0 Å². The summed E-state index contributed by atoms with van der Waals surface area (Å²) in [5.74, 6) is 1.88. The molecule has 0 bridgehead atoms. The van der Waals surface area contributed by atoms with Gasteiger partial charge in [-0.3, -0.25) is 4.79 Å². The molecule has 0 saturated heterocycles. The first-order valence-electron chi connectivity index (χ1n) is 4.70. The molecule has 5 heteroatoms. The highest BCUT2D eigenvalue weighted by molar-refractivity contribution is 5.32. The maximum atomic E-state index is 11.3. The van der Waals surface area contributed by atoms with Gasteiger partial charge in [0.05, 0.1) is 0 Å². The Morgan fingerprint density at radius 2 is 2.29 bits per heavy atom. The zero-order chi connectivity index (χ0) is 10.1. The molecule has 0 aliphatic heterocycles. The molecule has 5 nitrogen and oxygen atoms in total. The summed E-state index contributed by atoms with van der Waals surface area (Å²) < 4.78 is 0. The normalized spacial score (nSPS) is 15.9. The lowest BCUT2D eigenvalue weighted by molar-refractivity contribution is 0.491. The smallest absolute Gasteiger partial charge is 0.253 e. The number of aromatic amines is 1. The third-order valence-electron chi connectivity index (χ3n) is 2.06. The van der Waals surface area contributed by atoms with Gasteiger partial charge in [-0.2, -0.15) is 0 Å². The summed E-state index contributed by atoms with van der Waals surface area (Å²) in [7, 11) is 3.72. The van der Waals surface area contributed by atoms with E-state index in [-0.39, 0.29) is 5.56 Å². The molecule has 0 atom stereocenters. The number of hydrogen-bond donors (Lipinski definition) is 2. The van der Waals surface area contributed by atoms with Gasteiger partial charge in [0.1, 0.15) is 11.6 Å². The van der Waals surface area contributed by atoms with E-state index in [0.717, 1.165) is 18.7 Å². The van der Waals surface area contributed by atoms with Crippen LogP contribution in [0.25, 0.3) is 0 Å². The zero-order valence-corrected chi connectivity index (χ0v) is 8.37. The van der Waals surface area contributed by atoms with E-state index in [9.17, 15) is 4.79 Å². The van der Waals surface area contributed by atoms with Gasteiger partial charge < -0.3 is 10.4 Å². The highest BCUT2D eigenvalue weighted by Crippen LogP contribution is 2.37. The summed E-state index contributed by atoms with van der Waals surface area (Å²) >= 11 is 0. The number of nitrogens with zero attached hydrogens (tertiary/aromatic N) is 2. The quantitative estimate of drug-likeness (QED) is 0.689. The molecule has 0 amide bonds. The fourth-order valence-corrected chi connectivity index (χ4v) is 1.31.